The Bertz CT molecular complexity index is 471. The number of amides is 1. The van der Waals surface area contributed by atoms with Crippen LogP contribution in [0.15, 0.2) is 5.10 Å². The molecule has 0 aromatic carbocycles. The van der Waals surface area contributed by atoms with Crippen LogP contribution in [0.2, 0.25) is 0 Å². The number of carbonyl (C=O) groups is 1. The number of hydrazone groups is 1. The van der Waals surface area contributed by atoms with Gasteiger partial charge in [-0.25, -0.2) is 10.1 Å². The van der Waals surface area contributed by atoms with E-state index in [2.05, 4.69) is 36.4 Å². The second-order valence-corrected chi connectivity index (χ2v) is 3.62. The second-order valence-electron chi connectivity index (χ2n) is 3.62. The molecule has 7 N–H and O–H groups in total. The summed E-state index contributed by atoms with van der Waals surface area (Å²) in [4.78, 5) is 21.6. The van der Waals surface area contributed by atoms with Gasteiger partial charge in [0.15, 0.2) is 5.03 Å². The molecule has 20 heavy (non-hydrogen) atoms. The molecule has 0 saturated heterocycles. The number of nitrogens with one attached hydrogen (secondary N) is 3. The van der Waals surface area contributed by atoms with E-state index in [1.165, 1.54) is 0 Å². The molecule has 0 bridgehead atoms. The van der Waals surface area contributed by atoms with Crippen LogP contribution in [0.3, 0.4) is 0 Å². The standard InChI is InChI=1S/C7H14N10O3/c8-4(5(18)11-7-12-15-16-13-7)2-1-3-10-6(9)14-17(19)20/h4H,1-3,8H2,(H3,9,10,14)(H2,11,12,13,15,16,18)/t4-/m0/s1. The quantitative estimate of drug-likeness (QED) is 0.116. The Hall–Kier alpha value is -2.83. The molecule has 13 heteroatoms. The Balaban J connectivity index is 2.21. The Morgan fingerprint density at radius 1 is 1.60 bits per heavy atom. The molecule has 110 valence electrons. The molecule has 1 rings (SSSR count). The molecule has 0 fully saturated rings. The van der Waals surface area contributed by atoms with Crippen LogP contribution in [0, 0.1) is 10.1 Å². The number of anilines is 1. The molecule has 1 atom stereocenters. The van der Waals surface area contributed by atoms with Crippen molar-refractivity contribution in [3.8, 4) is 0 Å². The Morgan fingerprint density at radius 3 is 2.95 bits per heavy atom. The van der Waals surface area contributed by atoms with Gasteiger partial charge in [-0.15, -0.1) is 5.10 Å². The highest BCUT2D eigenvalue weighted by molar-refractivity contribution is 5.93. The number of hydrogen-bond acceptors (Lipinski definition) is 7. The van der Waals surface area contributed by atoms with Crippen LogP contribution in [-0.4, -0.2) is 50.1 Å². The molecule has 0 spiro atoms. The van der Waals surface area contributed by atoms with E-state index in [-0.39, 0.29) is 11.9 Å². The van der Waals surface area contributed by atoms with Crippen LogP contribution in [0.4, 0.5) is 5.95 Å². The molecule has 0 aliphatic carbocycles. The normalized spacial score (nSPS) is 12.8. The monoisotopic (exact) mass is 286 g/mol. The molecule has 0 aliphatic heterocycles. The number of nitrogens with zero attached hydrogens (tertiary/aromatic N) is 5. The molecule has 1 amide bonds. The van der Waals surface area contributed by atoms with Gasteiger partial charge in [-0.2, -0.15) is 5.21 Å². The van der Waals surface area contributed by atoms with Gasteiger partial charge in [-0.05, 0) is 18.1 Å². The van der Waals surface area contributed by atoms with Crippen LogP contribution < -0.4 is 22.1 Å². The van der Waals surface area contributed by atoms with Crippen molar-refractivity contribution in [2.24, 2.45) is 16.6 Å². The zero-order valence-electron chi connectivity index (χ0n) is 10.3. The number of aromatic amines is 1. The fourth-order valence-corrected chi connectivity index (χ4v) is 1.21. The average molecular weight is 286 g/mol. The van der Waals surface area contributed by atoms with Crippen molar-refractivity contribution in [3.05, 3.63) is 10.1 Å². The summed E-state index contributed by atoms with van der Waals surface area (Å²) in [6, 6.07) is -0.774. The lowest BCUT2D eigenvalue weighted by atomic mass is 10.1. The molecule has 0 unspecified atom stereocenters. The summed E-state index contributed by atoms with van der Waals surface area (Å²) >= 11 is 0. The van der Waals surface area contributed by atoms with Crippen molar-refractivity contribution >= 4 is 17.8 Å². The first kappa shape index (κ1) is 15.2. The Labute approximate surface area is 112 Å². The third-order valence-corrected chi connectivity index (χ3v) is 2.10. The largest absolute Gasteiger partial charge is 0.365 e. The lowest BCUT2D eigenvalue weighted by Gasteiger charge is -2.10. The highest BCUT2D eigenvalue weighted by Crippen LogP contribution is 1.98. The Kier molecular flexibility index (Phi) is 5.76. The number of aromatic nitrogens is 4. The SMILES string of the molecule is NC(=N[N+](=O)[O-])NCCC[C@H](N)C(=O)Nc1nn[nH]n1. The van der Waals surface area contributed by atoms with Crippen molar-refractivity contribution in [1.29, 1.82) is 0 Å². The van der Waals surface area contributed by atoms with Crippen LogP contribution in [0.5, 0.6) is 0 Å². The van der Waals surface area contributed by atoms with Crippen LogP contribution in [-0.2, 0) is 4.79 Å². The summed E-state index contributed by atoms with van der Waals surface area (Å²) < 4.78 is 0. The minimum Gasteiger partial charge on any atom is -0.365 e. The number of rotatable bonds is 7. The van der Waals surface area contributed by atoms with Crippen LogP contribution in [0.1, 0.15) is 12.8 Å². The van der Waals surface area contributed by atoms with Crippen LogP contribution in [0.25, 0.3) is 0 Å². The number of nitro groups is 1. The van der Waals surface area contributed by atoms with Crippen molar-refractivity contribution in [2.75, 3.05) is 11.9 Å². The van der Waals surface area contributed by atoms with Gasteiger partial charge in [0, 0.05) is 6.54 Å². The van der Waals surface area contributed by atoms with Crippen molar-refractivity contribution in [2.45, 2.75) is 18.9 Å². The molecule has 0 saturated carbocycles. The third-order valence-electron chi connectivity index (χ3n) is 2.10. The highest BCUT2D eigenvalue weighted by atomic mass is 16.7. The van der Waals surface area contributed by atoms with Gasteiger partial charge in [0.1, 0.15) is 5.10 Å². The highest BCUT2D eigenvalue weighted by Gasteiger charge is 2.14. The van der Waals surface area contributed by atoms with E-state index in [1.54, 1.807) is 0 Å². The van der Waals surface area contributed by atoms with Gasteiger partial charge in [0.05, 0.1) is 6.04 Å². The zero-order chi connectivity index (χ0) is 15.0. The number of nitrogens with two attached hydrogens (primary N) is 2. The fraction of sp³-hybridized carbons (Fsp3) is 0.571. The summed E-state index contributed by atoms with van der Waals surface area (Å²) in [6.07, 6.45) is 0.803. The molecule has 1 heterocycles. The van der Waals surface area contributed by atoms with Crippen molar-refractivity contribution in [1.82, 2.24) is 25.9 Å². The Morgan fingerprint density at radius 2 is 2.35 bits per heavy atom. The van der Waals surface area contributed by atoms with E-state index in [0.29, 0.717) is 19.4 Å². The lowest BCUT2D eigenvalue weighted by molar-refractivity contribution is -0.485. The van der Waals surface area contributed by atoms with Gasteiger partial charge >= 0.3 is 0 Å². The predicted molar refractivity (Wildman–Crippen MR) is 66.6 cm³/mol. The molecule has 1 aromatic heterocycles. The van der Waals surface area contributed by atoms with E-state index in [1.807, 2.05) is 0 Å². The van der Waals surface area contributed by atoms with Gasteiger partial charge in [0.25, 0.3) is 11.9 Å². The number of H-pyrrole nitrogens is 1. The average Bonchev–Trinajstić information content (AvgIpc) is 2.86. The molecule has 1 aromatic rings. The van der Waals surface area contributed by atoms with Gasteiger partial charge in [-0.3, -0.25) is 10.1 Å². The summed E-state index contributed by atoms with van der Waals surface area (Å²) in [7, 11) is 0. The van der Waals surface area contributed by atoms with E-state index < -0.39 is 17.0 Å². The maximum Gasteiger partial charge on any atom is 0.269 e. The smallest absolute Gasteiger partial charge is 0.269 e. The number of guanidine groups is 1. The van der Waals surface area contributed by atoms with Crippen molar-refractivity contribution in [3.63, 3.8) is 0 Å². The summed E-state index contributed by atoms with van der Waals surface area (Å²) in [5.41, 5.74) is 10.8. The van der Waals surface area contributed by atoms with E-state index in [4.69, 9.17) is 11.5 Å². The van der Waals surface area contributed by atoms with Crippen LogP contribution >= 0.6 is 0 Å². The number of hydrogen-bond donors (Lipinski definition) is 5. The maximum absolute atomic E-state index is 11.6. The van der Waals surface area contributed by atoms with Gasteiger partial charge in [-0.1, -0.05) is 5.10 Å². The first-order valence-electron chi connectivity index (χ1n) is 5.51. The first-order chi connectivity index (χ1) is 9.49. The number of carbonyl (C=O) groups excluding carboxylic acids is 1. The molecule has 13 nitrogen and oxygen atoms in total. The minimum absolute atomic E-state index is 0.0333. The maximum atomic E-state index is 11.6. The van der Waals surface area contributed by atoms with Gasteiger partial charge < -0.3 is 16.8 Å². The van der Waals surface area contributed by atoms with Crippen molar-refractivity contribution < 1.29 is 9.83 Å². The molecular formula is C7H14N10O3. The minimum atomic E-state index is -0.910. The predicted octanol–water partition coefficient (Wildman–Crippen LogP) is -2.66. The topological polar surface area (TPSA) is 203 Å². The first-order valence-corrected chi connectivity index (χ1v) is 5.51. The lowest BCUT2D eigenvalue weighted by Crippen LogP contribution is -2.38. The van der Waals surface area contributed by atoms with E-state index in [0.717, 1.165) is 0 Å². The van der Waals surface area contributed by atoms with E-state index in [9.17, 15) is 14.9 Å². The number of tetrazole rings is 1. The molecule has 0 aliphatic rings. The summed E-state index contributed by atoms with van der Waals surface area (Å²) in [5, 5.41) is 29.3. The zero-order valence-corrected chi connectivity index (χ0v) is 10.3. The second kappa shape index (κ2) is 7.57. The van der Waals surface area contributed by atoms with E-state index >= 15 is 0 Å². The summed E-state index contributed by atoms with van der Waals surface area (Å²) in [5.74, 6) is -0.732. The molecular weight excluding hydrogens is 272 g/mol. The van der Waals surface area contributed by atoms with Gasteiger partial charge in [0.2, 0.25) is 5.91 Å². The fourth-order valence-electron chi connectivity index (χ4n) is 1.21. The third kappa shape index (κ3) is 5.67. The summed E-state index contributed by atoms with van der Waals surface area (Å²) in [6.45, 7) is 0.298. The molecule has 0 radical (unpaired) electrons.